The second kappa shape index (κ2) is 5.41. The van der Waals surface area contributed by atoms with E-state index in [1.165, 1.54) is 6.42 Å². The van der Waals surface area contributed by atoms with Crippen molar-refractivity contribution in [3.8, 4) is 0 Å². The fourth-order valence-corrected chi connectivity index (χ4v) is 3.35. The van der Waals surface area contributed by atoms with Crippen molar-refractivity contribution in [3.63, 3.8) is 0 Å². The zero-order chi connectivity index (χ0) is 14.2. The van der Waals surface area contributed by atoms with Gasteiger partial charge in [-0.15, -0.1) is 0 Å². The topological polar surface area (TPSA) is 49.6 Å². The summed E-state index contributed by atoms with van der Waals surface area (Å²) in [6, 6.07) is 0.0615. The van der Waals surface area contributed by atoms with Crippen molar-refractivity contribution in [1.82, 2.24) is 9.80 Å². The molecule has 0 radical (unpaired) electrons. The van der Waals surface area contributed by atoms with Crippen LogP contribution in [-0.4, -0.2) is 54.0 Å². The van der Waals surface area contributed by atoms with Gasteiger partial charge in [-0.3, -0.25) is 9.69 Å². The van der Waals surface area contributed by atoms with Crippen LogP contribution in [0.2, 0.25) is 0 Å². The minimum atomic E-state index is 0.0444. The highest BCUT2D eigenvalue weighted by molar-refractivity contribution is 5.80. The van der Waals surface area contributed by atoms with Gasteiger partial charge < -0.3 is 10.6 Å². The summed E-state index contributed by atoms with van der Waals surface area (Å²) < 4.78 is 0. The lowest BCUT2D eigenvalue weighted by Crippen LogP contribution is -2.61. The van der Waals surface area contributed by atoms with Crippen molar-refractivity contribution in [1.29, 1.82) is 0 Å². The summed E-state index contributed by atoms with van der Waals surface area (Å²) in [5.74, 6) is 0.970. The van der Waals surface area contributed by atoms with E-state index >= 15 is 0 Å². The van der Waals surface area contributed by atoms with Crippen LogP contribution in [-0.2, 0) is 4.79 Å². The van der Waals surface area contributed by atoms with Crippen molar-refractivity contribution in [2.45, 2.75) is 51.6 Å². The Balaban J connectivity index is 2.03. The number of carbonyl (C=O) groups excluding carboxylic acids is 1. The van der Waals surface area contributed by atoms with Crippen molar-refractivity contribution in [3.05, 3.63) is 0 Å². The second-order valence-corrected chi connectivity index (χ2v) is 7.18. The molecular weight excluding hydrogens is 238 g/mol. The van der Waals surface area contributed by atoms with E-state index in [2.05, 4.69) is 32.7 Å². The smallest absolute Gasteiger partial charge is 0.227 e. The Bertz CT molecular complexity index is 342. The predicted molar refractivity (Wildman–Crippen MR) is 77.8 cm³/mol. The highest BCUT2D eigenvalue weighted by Crippen LogP contribution is 2.30. The fourth-order valence-electron chi connectivity index (χ4n) is 3.35. The minimum absolute atomic E-state index is 0.0444. The van der Waals surface area contributed by atoms with Gasteiger partial charge in [-0.05, 0) is 46.1 Å². The number of likely N-dealkylation sites (N-methyl/N-ethyl adjacent to an activating group) is 1. The zero-order valence-electron chi connectivity index (χ0n) is 12.9. The van der Waals surface area contributed by atoms with E-state index in [1.54, 1.807) is 0 Å². The van der Waals surface area contributed by atoms with Gasteiger partial charge in [-0.2, -0.15) is 0 Å². The molecule has 19 heavy (non-hydrogen) atoms. The van der Waals surface area contributed by atoms with Crippen molar-refractivity contribution in [2.75, 3.05) is 26.7 Å². The lowest BCUT2D eigenvalue weighted by Gasteiger charge is -2.47. The summed E-state index contributed by atoms with van der Waals surface area (Å²) in [5, 5.41) is 0. The van der Waals surface area contributed by atoms with Gasteiger partial charge in [0.05, 0.1) is 5.92 Å². The summed E-state index contributed by atoms with van der Waals surface area (Å²) in [6.07, 6.45) is 3.13. The number of nitrogens with two attached hydrogens (primary N) is 1. The molecule has 110 valence electrons. The molecule has 4 heteroatoms. The first kappa shape index (κ1) is 14.8. The molecule has 2 aliphatic rings. The van der Waals surface area contributed by atoms with Crippen molar-refractivity contribution < 1.29 is 4.79 Å². The Morgan fingerprint density at radius 2 is 1.95 bits per heavy atom. The third-order valence-electron chi connectivity index (χ3n) is 5.11. The number of carbonyl (C=O) groups is 1. The average Bonchev–Trinajstić information content (AvgIpc) is 2.35. The van der Waals surface area contributed by atoms with E-state index in [0.717, 1.165) is 32.5 Å². The monoisotopic (exact) mass is 267 g/mol. The van der Waals surface area contributed by atoms with E-state index < -0.39 is 0 Å². The van der Waals surface area contributed by atoms with Gasteiger partial charge in [0.2, 0.25) is 5.91 Å². The molecule has 0 bridgehead atoms. The summed E-state index contributed by atoms with van der Waals surface area (Å²) in [6.45, 7) is 9.26. The molecule has 0 aromatic carbocycles. The van der Waals surface area contributed by atoms with E-state index in [1.807, 2.05) is 4.90 Å². The van der Waals surface area contributed by atoms with Crippen LogP contribution in [0.3, 0.4) is 0 Å². The molecule has 1 amide bonds. The maximum absolute atomic E-state index is 12.7. The lowest BCUT2D eigenvalue weighted by molar-refractivity contribution is -0.142. The number of piperazine rings is 1. The number of hydrogen-bond acceptors (Lipinski definition) is 3. The van der Waals surface area contributed by atoms with Gasteiger partial charge in [0.25, 0.3) is 0 Å². The molecule has 1 heterocycles. The number of hydrogen-bond donors (Lipinski definition) is 1. The summed E-state index contributed by atoms with van der Waals surface area (Å²) in [5.41, 5.74) is 6.25. The first-order chi connectivity index (χ1) is 8.81. The Morgan fingerprint density at radius 1 is 1.26 bits per heavy atom. The second-order valence-electron chi connectivity index (χ2n) is 7.18. The third kappa shape index (κ3) is 3.11. The van der Waals surface area contributed by atoms with Gasteiger partial charge in [0, 0.05) is 31.2 Å². The molecule has 1 saturated heterocycles. The SMILES string of the molecule is CC1CCC(N)C(C(=O)N2CCN(C)C(C)(C)C2)C1. The first-order valence-electron chi connectivity index (χ1n) is 7.57. The quantitative estimate of drug-likeness (QED) is 0.779. The van der Waals surface area contributed by atoms with Gasteiger partial charge >= 0.3 is 0 Å². The van der Waals surface area contributed by atoms with Crippen LogP contribution in [0.4, 0.5) is 0 Å². The maximum Gasteiger partial charge on any atom is 0.227 e. The summed E-state index contributed by atoms with van der Waals surface area (Å²) >= 11 is 0. The van der Waals surface area contributed by atoms with Crippen LogP contribution < -0.4 is 5.73 Å². The van der Waals surface area contributed by atoms with Crippen LogP contribution in [0.25, 0.3) is 0 Å². The minimum Gasteiger partial charge on any atom is -0.339 e. The standard InChI is InChI=1S/C15H29N3O/c1-11-5-6-13(16)12(9-11)14(19)18-8-7-17(4)15(2,3)10-18/h11-13H,5-10,16H2,1-4H3. The van der Waals surface area contributed by atoms with Crippen LogP contribution in [0, 0.1) is 11.8 Å². The van der Waals surface area contributed by atoms with E-state index in [4.69, 9.17) is 5.73 Å². The van der Waals surface area contributed by atoms with Crippen LogP contribution in [0.5, 0.6) is 0 Å². The Kier molecular flexibility index (Phi) is 4.21. The molecule has 2 rings (SSSR count). The van der Waals surface area contributed by atoms with Crippen LogP contribution in [0.1, 0.15) is 40.0 Å². The molecule has 1 saturated carbocycles. The number of nitrogens with zero attached hydrogens (tertiary/aromatic N) is 2. The summed E-state index contributed by atoms with van der Waals surface area (Å²) in [7, 11) is 2.14. The first-order valence-corrected chi connectivity index (χ1v) is 7.57. The van der Waals surface area contributed by atoms with Crippen LogP contribution in [0.15, 0.2) is 0 Å². The molecule has 4 nitrogen and oxygen atoms in total. The molecule has 2 fully saturated rings. The lowest BCUT2D eigenvalue weighted by atomic mass is 9.78. The van der Waals surface area contributed by atoms with Crippen molar-refractivity contribution in [2.24, 2.45) is 17.6 Å². The molecule has 1 aliphatic heterocycles. The Morgan fingerprint density at radius 3 is 2.58 bits per heavy atom. The molecule has 0 aromatic heterocycles. The maximum atomic E-state index is 12.7. The Hall–Kier alpha value is -0.610. The number of amides is 1. The van der Waals surface area contributed by atoms with Gasteiger partial charge in [0.1, 0.15) is 0 Å². The van der Waals surface area contributed by atoms with E-state index in [0.29, 0.717) is 11.8 Å². The van der Waals surface area contributed by atoms with Gasteiger partial charge in [-0.25, -0.2) is 0 Å². The summed E-state index contributed by atoms with van der Waals surface area (Å²) in [4.78, 5) is 17.1. The molecule has 0 aromatic rings. The molecule has 2 N–H and O–H groups in total. The molecular formula is C15H29N3O. The van der Waals surface area contributed by atoms with E-state index in [-0.39, 0.29) is 17.5 Å². The fraction of sp³-hybridized carbons (Fsp3) is 0.933. The average molecular weight is 267 g/mol. The van der Waals surface area contributed by atoms with E-state index in [9.17, 15) is 4.79 Å². The molecule has 0 spiro atoms. The highest BCUT2D eigenvalue weighted by Gasteiger charge is 2.38. The normalized spacial score (nSPS) is 36.3. The van der Waals surface area contributed by atoms with Gasteiger partial charge in [0.15, 0.2) is 0 Å². The van der Waals surface area contributed by atoms with Crippen molar-refractivity contribution >= 4 is 5.91 Å². The largest absolute Gasteiger partial charge is 0.339 e. The molecule has 1 aliphatic carbocycles. The zero-order valence-corrected chi connectivity index (χ0v) is 12.9. The highest BCUT2D eigenvalue weighted by atomic mass is 16.2. The van der Waals surface area contributed by atoms with Gasteiger partial charge in [-0.1, -0.05) is 6.92 Å². The predicted octanol–water partition coefficient (Wildman–Crippen LogP) is 1.30. The Labute approximate surface area is 117 Å². The molecule has 3 atom stereocenters. The number of rotatable bonds is 1. The molecule has 3 unspecified atom stereocenters. The van der Waals surface area contributed by atoms with Crippen LogP contribution >= 0.6 is 0 Å². The third-order valence-corrected chi connectivity index (χ3v) is 5.11.